The SMILES string of the molecule is CCc1cc(C(=O)N[C@H](C)CC)sc1C. The van der Waals surface area contributed by atoms with Gasteiger partial charge >= 0.3 is 0 Å². The highest BCUT2D eigenvalue weighted by Crippen LogP contribution is 2.21. The van der Waals surface area contributed by atoms with Crippen molar-refractivity contribution in [2.45, 2.75) is 46.6 Å². The number of carbonyl (C=O) groups is 1. The van der Waals surface area contributed by atoms with Gasteiger partial charge in [-0.05, 0) is 38.3 Å². The minimum atomic E-state index is 0.0668. The van der Waals surface area contributed by atoms with Crippen LogP contribution < -0.4 is 5.32 Å². The maximum atomic E-state index is 11.8. The molecule has 1 N–H and O–H groups in total. The van der Waals surface area contributed by atoms with Crippen LogP contribution in [0.5, 0.6) is 0 Å². The summed E-state index contributed by atoms with van der Waals surface area (Å²) in [6, 6.07) is 2.27. The van der Waals surface area contributed by atoms with Gasteiger partial charge in [0.25, 0.3) is 5.91 Å². The quantitative estimate of drug-likeness (QED) is 0.838. The first-order valence-corrected chi connectivity index (χ1v) is 6.30. The molecule has 0 fully saturated rings. The fourth-order valence-corrected chi connectivity index (χ4v) is 2.40. The number of amides is 1. The number of carbonyl (C=O) groups excluding carboxylic acids is 1. The van der Waals surface area contributed by atoms with Gasteiger partial charge in [-0.3, -0.25) is 4.79 Å². The zero-order valence-electron chi connectivity index (χ0n) is 9.89. The van der Waals surface area contributed by atoms with E-state index in [0.29, 0.717) is 0 Å². The molecule has 3 heteroatoms. The van der Waals surface area contributed by atoms with Gasteiger partial charge in [-0.25, -0.2) is 0 Å². The fraction of sp³-hybridized carbons (Fsp3) is 0.583. The van der Waals surface area contributed by atoms with Crippen molar-refractivity contribution in [2.24, 2.45) is 0 Å². The van der Waals surface area contributed by atoms with Crippen LogP contribution in [-0.4, -0.2) is 11.9 Å². The molecule has 0 saturated heterocycles. The largest absolute Gasteiger partial charge is 0.349 e. The average Bonchev–Trinajstić information content (AvgIpc) is 2.59. The van der Waals surface area contributed by atoms with E-state index in [1.165, 1.54) is 10.4 Å². The van der Waals surface area contributed by atoms with Gasteiger partial charge in [0.1, 0.15) is 0 Å². The molecule has 84 valence electrons. The highest BCUT2D eigenvalue weighted by atomic mass is 32.1. The Hall–Kier alpha value is -0.830. The molecule has 0 saturated carbocycles. The Balaban J connectivity index is 2.74. The Morgan fingerprint density at radius 1 is 1.53 bits per heavy atom. The maximum Gasteiger partial charge on any atom is 0.261 e. The van der Waals surface area contributed by atoms with E-state index in [2.05, 4.69) is 26.1 Å². The standard InChI is InChI=1S/C12H19NOS/c1-5-8(3)13-12(14)11-7-10(6-2)9(4)15-11/h7-8H,5-6H2,1-4H3,(H,13,14)/t8-/m1/s1. The summed E-state index contributed by atoms with van der Waals surface area (Å²) in [5, 5.41) is 2.98. The molecule has 1 atom stereocenters. The molecule has 1 rings (SSSR count). The number of thiophene rings is 1. The lowest BCUT2D eigenvalue weighted by Gasteiger charge is -2.09. The van der Waals surface area contributed by atoms with Crippen LogP contribution in [0.4, 0.5) is 0 Å². The van der Waals surface area contributed by atoms with Gasteiger partial charge in [-0.1, -0.05) is 13.8 Å². The Kier molecular flexibility index (Phi) is 4.33. The molecule has 1 aromatic heterocycles. The van der Waals surface area contributed by atoms with Crippen molar-refractivity contribution in [3.8, 4) is 0 Å². The average molecular weight is 225 g/mol. The molecule has 0 aliphatic rings. The second-order valence-corrected chi connectivity index (χ2v) is 5.08. The Morgan fingerprint density at radius 3 is 2.67 bits per heavy atom. The molecule has 1 heterocycles. The summed E-state index contributed by atoms with van der Waals surface area (Å²) in [6.07, 6.45) is 1.97. The van der Waals surface area contributed by atoms with E-state index in [4.69, 9.17) is 0 Å². The first-order chi connectivity index (χ1) is 7.08. The second kappa shape index (κ2) is 5.31. The van der Waals surface area contributed by atoms with E-state index < -0.39 is 0 Å². The molecule has 1 amide bonds. The van der Waals surface area contributed by atoms with E-state index in [1.54, 1.807) is 11.3 Å². The van der Waals surface area contributed by atoms with Crippen molar-refractivity contribution < 1.29 is 4.79 Å². The van der Waals surface area contributed by atoms with Crippen LogP contribution in [-0.2, 0) is 6.42 Å². The van der Waals surface area contributed by atoms with Gasteiger partial charge in [0.05, 0.1) is 4.88 Å². The zero-order chi connectivity index (χ0) is 11.4. The smallest absolute Gasteiger partial charge is 0.261 e. The third-order valence-corrected chi connectivity index (χ3v) is 3.71. The normalized spacial score (nSPS) is 12.5. The summed E-state index contributed by atoms with van der Waals surface area (Å²) >= 11 is 1.59. The molecular formula is C12H19NOS. The molecule has 15 heavy (non-hydrogen) atoms. The fourth-order valence-electron chi connectivity index (χ4n) is 1.38. The van der Waals surface area contributed by atoms with E-state index in [-0.39, 0.29) is 11.9 Å². The highest BCUT2D eigenvalue weighted by molar-refractivity contribution is 7.14. The van der Waals surface area contributed by atoms with Crippen molar-refractivity contribution in [2.75, 3.05) is 0 Å². The lowest BCUT2D eigenvalue weighted by atomic mass is 10.2. The first-order valence-electron chi connectivity index (χ1n) is 5.48. The monoisotopic (exact) mass is 225 g/mol. The topological polar surface area (TPSA) is 29.1 Å². The Morgan fingerprint density at radius 2 is 2.20 bits per heavy atom. The van der Waals surface area contributed by atoms with Crippen LogP contribution >= 0.6 is 11.3 Å². The predicted octanol–water partition coefficient (Wildman–Crippen LogP) is 3.15. The van der Waals surface area contributed by atoms with Crippen molar-refractivity contribution in [1.29, 1.82) is 0 Å². The van der Waals surface area contributed by atoms with Crippen LogP contribution in [0, 0.1) is 6.92 Å². The summed E-state index contributed by atoms with van der Waals surface area (Å²) in [5.41, 5.74) is 1.29. The molecule has 2 nitrogen and oxygen atoms in total. The maximum absolute atomic E-state index is 11.8. The van der Waals surface area contributed by atoms with Gasteiger partial charge < -0.3 is 5.32 Å². The second-order valence-electron chi connectivity index (χ2n) is 3.83. The van der Waals surface area contributed by atoms with Crippen LogP contribution in [0.1, 0.15) is 47.3 Å². The van der Waals surface area contributed by atoms with Gasteiger partial charge in [-0.2, -0.15) is 0 Å². The van der Waals surface area contributed by atoms with Crippen molar-refractivity contribution in [1.82, 2.24) is 5.32 Å². The summed E-state index contributed by atoms with van der Waals surface area (Å²) in [6.45, 7) is 8.29. The lowest BCUT2D eigenvalue weighted by Crippen LogP contribution is -2.31. The predicted molar refractivity (Wildman–Crippen MR) is 65.7 cm³/mol. The summed E-state index contributed by atoms with van der Waals surface area (Å²) in [7, 11) is 0. The van der Waals surface area contributed by atoms with Gasteiger partial charge in [0.15, 0.2) is 0 Å². The van der Waals surface area contributed by atoms with Crippen molar-refractivity contribution in [3.63, 3.8) is 0 Å². The molecule has 0 unspecified atom stereocenters. The highest BCUT2D eigenvalue weighted by Gasteiger charge is 2.12. The van der Waals surface area contributed by atoms with Crippen molar-refractivity contribution in [3.05, 3.63) is 21.4 Å². The first kappa shape index (κ1) is 12.2. The van der Waals surface area contributed by atoms with Crippen LogP contribution in [0.25, 0.3) is 0 Å². The van der Waals surface area contributed by atoms with Crippen molar-refractivity contribution >= 4 is 17.2 Å². The van der Waals surface area contributed by atoms with E-state index >= 15 is 0 Å². The van der Waals surface area contributed by atoms with Gasteiger partial charge in [0, 0.05) is 10.9 Å². The summed E-state index contributed by atoms with van der Waals surface area (Å²) < 4.78 is 0. The molecule has 0 aromatic carbocycles. The number of nitrogens with one attached hydrogen (secondary N) is 1. The molecule has 0 bridgehead atoms. The minimum Gasteiger partial charge on any atom is -0.349 e. The summed E-state index contributed by atoms with van der Waals surface area (Å²) in [4.78, 5) is 13.9. The Bertz CT molecular complexity index is 343. The lowest BCUT2D eigenvalue weighted by molar-refractivity contribution is 0.0943. The molecular weight excluding hydrogens is 206 g/mol. The minimum absolute atomic E-state index is 0.0668. The molecule has 0 spiro atoms. The van der Waals surface area contributed by atoms with Crippen LogP contribution in [0.2, 0.25) is 0 Å². The number of hydrogen-bond donors (Lipinski definition) is 1. The van der Waals surface area contributed by atoms with E-state index in [1.807, 2.05) is 13.0 Å². The van der Waals surface area contributed by atoms with Gasteiger partial charge in [0.2, 0.25) is 0 Å². The van der Waals surface area contributed by atoms with E-state index in [0.717, 1.165) is 17.7 Å². The molecule has 0 aliphatic heterocycles. The number of rotatable bonds is 4. The number of hydrogen-bond acceptors (Lipinski definition) is 2. The molecule has 0 aliphatic carbocycles. The number of aryl methyl sites for hydroxylation is 2. The zero-order valence-corrected chi connectivity index (χ0v) is 10.7. The Labute approximate surface area is 95.7 Å². The van der Waals surface area contributed by atoms with Gasteiger partial charge in [-0.15, -0.1) is 11.3 Å². The summed E-state index contributed by atoms with van der Waals surface area (Å²) in [5.74, 6) is 0.0668. The third kappa shape index (κ3) is 3.06. The van der Waals surface area contributed by atoms with Crippen LogP contribution in [0.15, 0.2) is 6.07 Å². The molecule has 1 aromatic rings. The van der Waals surface area contributed by atoms with E-state index in [9.17, 15) is 4.79 Å². The molecule has 0 radical (unpaired) electrons. The van der Waals surface area contributed by atoms with Crippen LogP contribution in [0.3, 0.4) is 0 Å². The third-order valence-electron chi connectivity index (χ3n) is 2.62.